The van der Waals surface area contributed by atoms with Gasteiger partial charge in [0.05, 0.1) is 16.8 Å². The van der Waals surface area contributed by atoms with Crippen molar-refractivity contribution in [3.63, 3.8) is 0 Å². The van der Waals surface area contributed by atoms with E-state index in [-0.39, 0.29) is 18.8 Å². The number of ether oxygens (including phenoxy) is 2. The molecular weight excluding hydrogens is 1040 g/mol. The van der Waals surface area contributed by atoms with Crippen LogP contribution < -0.4 is 52.1 Å². The Kier molecular flexibility index (Phi) is 10.2. The molecule has 18 rings (SSSR count). The Hall–Kier alpha value is -10.0. The van der Waals surface area contributed by atoms with Gasteiger partial charge >= 0.3 is 0 Å². The number of anilines is 6. The predicted molar refractivity (Wildman–Crippen MR) is 358 cm³/mol. The van der Waals surface area contributed by atoms with Gasteiger partial charge in [-0.25, -0.2) is 0 Å². The van der Waals surface area contributed by atoms with E-state index in [1.165, 1.54) is 128 Å². The Balaban J connectivity index is 0.928. The van der Waals surface area contributed by atoms with Gasteiger partial charge in [0.15, 0.2) is 0 Å². The minimum Gasteiger partial charge on any atom is -0.458 e. The van der Waals surface area contributed by atoms with Gasteiger partial charge in [-0.1, -0.05) is 209 Å². The molecule has 0 radical (unpaired) electrons. The fourth-order valence-corrected chi connectivity index (χ4v) is 16.1. The van der Waals surface area contributed by atoms with E-state index in [0.29, 0.717) is 0 Å². The molecule has 0 aromatic heterocycles. The molecule has 4 nitrogen and oxygen atoms in total. The van der Waals surface area contributed by atoms with Crippen LogP contribution in [0, 0.1) is 20.8 Å². The van der Waals surface area contributed by atoms with Gasteiger partial charge in [-0.2, -0.15) is 0 Å². The molecule has 0 fully saturated rings. The molecule has 0 saturated carbocycles. The fourth-order valence-electron chi connectivity index (χ4n) is 16.1. The van der Waals surface area contributed by atoms with Crippen LogP contribution >= 0.6 is 0 Å². The van der Waals surface area contributed by atoms with Crippen molar-refractivity contribution in [2.45, 2.75) is 52.4 Å². The molecule has 0 unspecified atom stereocenters. The van der Waals surface area contributed by atoms with Crippen molar-refractivity contribution in [1.29, 1.82) is 0 Å². The number of rotatable bonds is 4. The Labute approximate surface area is 503 Å². The van der Waals surface area contributed by atoms with Crippen molar-refractivity contribution in [3.8, 4) is 67.5 Å². The molecule has 4 heterocycles. The van der Waals surface area contributed by atoms with Crippen LogP contribution in [0.15, 0.2) is 243 Å². The largest absolute Gasteiger partial charge is 0.458 e. The topological polar surface area (TPSA) is 24.9 Å². The van der Waals surface area contributed by atoms with Crippen molar-refractivity contribution < 1.29 is 9.47 Å². The summed E-state index contributed by atoms with van der Waals surface area (Å²) in [6.07, 6.45) is 0. The first-order valence-electron chi connectivity index (χ1n) is 30.4. The molecule has 86 heavy (non-hydrogen) atoms. The van der Waals surface area contributed by atoms with Crippen molar-refractivity contribution in [3.05, 3.63) is 287 Å². The zero-order valence-electron chi connectivity index (χ0n) is 49.0. The SMILES string of the molecule is Cc1cc2c3c(c1)Oc1c(ccc4c1-c1ccccc1[C@@]41c4ccccc4-c4cc5c(cc41)N(c1ccccc1-c1ccccc1)c1cc(C)cc4c1B5c1ccc(C)cc1N4c1ccccc1-c1ccccc1)B3c1cc(C(C)(C)C)ccc1O2. The second kappa shape index (κ2) is 17.8. The van der Waals surface area contributed by atoms with E-state index >= 15 is 0 Å². The molecule has 12 aromatic carbocycles. The molecular formula is C80H58B2N2O2. The lowest BCUT2D eigenvalue weighted by atomic mass is 9.33. The normalized spacial score (nSPS) is 15.5. The fraction of sp³-hybridized carbons (Fsp3) is 0.100. The molecule has 0 N–H and O–H groups in total. The first kappa shape index (κ1) is 49.4. The van der Waals surface area contributed by atoms with E-state index in [2.05, 4.69) is 294 Å². The van der Waals surface area contributed by atoms with Crippen LogP contribution in [0.25, 0.3) is 44.5 Å². The quantitative estimate of drug-likeness (QED) is 0.164. The molecule has 0 saturated heterocycles. The van der Waals surface area contributed by atoms with Gasteiger partial charge in [-0.15, -0.1) is 0 Å². The molecule has 2 aliphatic carbocycles. The van der Waals surface area contributed by atoms with Gasteiger partial charge in [0.25, 0.3) is 13.4 Å². The second-order valence-corrected chi connectivity index (χ2v) is 25.7. The summed E-state index contributed by atoms with van der Waals surface area (Å²) in [7, 11) is 0. The smallest absolute Gasteiger partial charge is 0.260 e. The van der Waals surface area contributed by atoms with Gasteiger partial charge in [-0.05, 0) is 180 Å². The summed E-state index contributed by atoms with van der Waals surface area (Å²) >= 11 is 0. The molecule has 1 spiro atoms. The van der Waals surface area contributed by atoms with E-state index in [1.807, 2.05) is 0 Å². The minimum atomic E-state index is -0.696. The molecule has 406 valence electrons. The monoisotopic (exact) mass is 1100 g/mol. The maximum Gasteiger partial charge on any atom is 0.260 e. The number of nitrogens with zero attached hydrogens (tertiary/aromatic N) is 2. The van der Waals surface area contributed by atoms with Gasteiger partial charge in [0.1, 0.15) is 23.0 Å². The zero-order valence-corrected chi connectivity index (χ0v) is 49.0. The van der Waals surface area contributed by atoms with E-state index in [1.54, 1.807) is 0 Å². The summed E-state index contributed by atoms with van der Waals surface area (Å²) in [6.45, 7) is 13.4. The first-order chi connectivity index (χ1) is 42.0. The average molecular weight is 1100 g/mol. The van der Waals surface area contributed by atoms with E-state index in [0.717, 1.165) is 51.0 Å². The Morgan fingerprint density at radius 1 is 0.337 bits per heavy atom. The number of para-hydroxylation sites is 2. The Morgan fingerprint density at radius 2 is 0.872 bits per heavy atom. The predicted octanol–water partition coefficient (Wildman–Crippen LogP) is 16.4. The number of hydrogen-bond acceptors (Lipinski definition) is 4. The van der Waals surface area contributed by atoms with Crippen LogP contribution in [0.4, 0.5) is 34.1 Å². The lowest BCUT2D eigenvalue weighted by Gasteiger charge is -2.45. The highest BCUT2D eigenvalue weighted by atomic mass is 16.5. The molecule has 6 heteroatoms. The van der Waals surface area contributed by atoms with Crippen molar-refractivity contribution in [2.75, 3.05) is 9.80 Å². The van der Waals surface area contributed by atoms with Gasteiger partial charge < -0.3 is 19.3 Å². The summed E-state index contributed by atoms with van der Waals surface area (Å²) < 4.78 is 14.4. The molecule has 0 amide bonds. The third-order valence-electron chi connectivity index (χ3n) is 19.7. The lowest BCUT2D eigenvalue weighted by molar-refractivity contribution is 0.464. The summed E-state index contributed by atoms with van der Waals surface area (Å²) in [5.74, 6) is 3.57. The number of aryl methyl sites for hydroxylation is 3. The van der Waals surface area contributed by atoms with Gasteiger partial charge in [0.2, 0.25) is 0 Å². The van der Waals surface area contributed by atoms with E-state index < -0.39 is 5.41 Å². The van der Waals surface area contributed by atoms with Crippen LogP contribution in [-0.2, 0) is 10.8 Å². The van der Waals surface area contributed by atoms with Crippen LogP contribution in [0.1, 0.15) is 65.3 Å². The molecule has 4 aliphatic heterocycles. The molecule has 0 bridgehead atoms. The molecule has 1 atom stereocenters. The minimum absolute atomic E-state index is 0.0535. The standard InChI is InChI=1S/C80H58B2N2O2/c1-47-33-36-62-68(39-47)83(66-31-19-15-25-53(66)50-21-9-7-10-22-50)70-40-48(2)41-71-76(70)81(62)64-45-57-55-27-13-17-29-58(55)80(61(57)46-69(64)84(71)67-32-20-16-26-54(67)51-23-11-8-12-24-51)59-30-18-14-28-56(59)75-60(80)35-37-63-78(75)86-74-43-49(3)42-73-77(74)82(63)65-44-52(79(4,5)6)34-38-72(65)85-73/h7-46H,1-6H3/t80-/m0/s1. The van der Waals surface area contributed by atoms with Gasteiger partial charge in [0, 0.05) is 44.9 Å². The van der Waals surface area contributed by atoms with Gasteiger partial charge in [-0.3, -0.25) is 0 Å². The maximum absolute atomic E-state index is 7.54. The number of benzene rings is 12. The summed E-state index contributed by atoms with van der Waals surface area (Å²) in [5.41, 5.74) is 33.1. The van der Waals surface area contributed by atoms with E-state index in [9.17, 15) is 0 Å². The van der Waals surface area contributed by atoms with Crippen LogP contribution in [0.2, 0.25) is 0 Å². The first-order valence-corrected chi connectivity index (χ1v) is 30.4. The maximum atomic E-state index is 7.54. The number of hydrogen-bond donors (Lipinski definition) is 0. The van der Waals surface area contributed by atoms with Crippen molar-refractivity contribution >= 4 is 80.3 Å². The molecule has 12 aromatic rings. The third-order valence-corrected chi connectivity index (χ3v) is 19.7. The summed E-state index contributed by atoms with van der Waals surface area (Å²) in [5, 5.41) is 0. The van der Waals surface area contributed by atoms with Crippen molar-refractivity contribution in [2.24, 2.45) is 0 Å². The third kappa shape index (κ3) is 6.67. The summed E-state index contributed by atoms with van der Waals surface area (Å²) in [4.78, 5) is 5.22. The lowest BCUT2D eigenvalue weighted by Crippen LogP contribution is -2.61. The highest BCUT2D eigenvalue weighted by Crippen LogP contribution is 2.65. The van der Waals surface area contributed by atoms with Crippen LogP contribution in [0.5, 0.6) is 23.0 Å². The molecule has 6 aliphatic rings. The summed E-state index contributed by atoms with van der Waals surface area (Å²) in [6, 6.07) is 91.8. The highest BCUT2D eigenvalue weighted by Gasteiger charge is 2.56. The highest BCUT2D eigenvalue weighted by molar-refractivity contribution is 7.00. The van der Waals surface area contributed by atoms with E-state index in [4.69, 9.17) is 9.47 Å². The van der Waals surface area contributed by atoms with Crippen LogP contribution in [-0.4, -0.2) is 13.4 Å². The zero-order chi connectivity index (χ0) is 57.5. The average Bonchev–Trinajstić information content (AvgIpc) is 1.43. The Bertz CT molecular complexity index is 4950. The number of fused-ring (bicyclic) bond motifs is 19. The van der Waals surface area contributed by atoms with Crippen LogP contribution in [0.3, 0.4) is 0 Å². The Morgan fingerprint density at radius 3 is 1.53 bits per heavy atom. The van der Waals surface area contributed by atoms with Crippen molar-refractivity contribution in [1.82, 2.24) is 0 Å². The second-order valence-electron chi connectivity index (χ2n) is 25.7.